The van der Waals surface area contributed by atoms with E-state index in [1.54, 1.807) is 17.9 Å². The fourth-order valence-electron chi connectivity index (χ4n) is 3.86. The normalized spacial score (nSPS) is 12.3. The molecule has 0 saturated carbocycles. The van der Waals surface area contributed by atoms with Crippen LogP contribution in [0.4, 0.5) is 0 Å². The number of rotatable bonds is 11. The fourth-order valence-corrected chi connectivity index (χ4v) is 3.86. The minimum Gasteiger partial charge on any atom is -0.357 e. The molecule has 0 spiro atoms. The topological polar surface area (TPSA) is 120 Å². The van der Waals surface area contributed by atoms with Crippen LogP contribution in [-0.4, -0.2) is 41.0 Å². The first kappa shape index (κ1) is 25.6. The third kappa shape index (κ3) is 7.75. The van der Waals surface area contributed by atoms with Crippen LogP contribution < -0.4 is 16.1 Å². The molecular weight excluding hydrogens is 444 g/mol. The number of nitrogens with zero attached hydrogens (tertiary/aromatic N) is 1. The first-order valence-electron chi connectivity index (χ1n) is 11.5. The molecule has 0 aliphatic carbocycles. The Kier molecular flexibility index (Phi) is 9.50. The van der Waals surface area contributed by atoms with Crippen molar-refractivity contribution >= 4 is 17.7 Å². The van der Waals surface area contributed by atoms with Crippen molar-refractivity contribution in [3.05, 3.63) is 90.3 Å². The Balaban J connectivity index is 1.68. The van der Waals surface area contributed by atoms with Crippen LogP contribution >= 0.6 is 0 Å². The number of likely N-dealkylation sites (N-methyl/N-ethyl adjacent to an activating group) is 1. The van der Waals surface area contributed by atoms with Crippen molar-refractivity contribution < 1.29 is 19.6 Å². The number of hydrogen-bond donors (Lipinski definition) is 4. The van der Waals surface area contributed by atoms with Gasteiger partial charge in [-0.1, -0.05) is 60.7 Å². The van der Waals surface area contributed by atoms with Crippen molar-refractivity contribution in [1.29, 1.82) is 0 Å². The minimum absolute atomic E-state index is 0.193. The maximum Gasteiger partial charge on any atom is 0.244 e. The van der Waals surface area contributed by atoms with E-state index in [-0.39, 0.29) is 12.3 Å². The number of hydrogen-bond acceptors (Lipinski definition) is 5. The number of hydroxylamine groups is 1. The summed E-state index contributed by atoms with van der Waals surface area (Å²) in [5.74, 6) is -2.11. The summed E-state index contributed by atoms with van der Waals surface area (Å²) in [6.07, 6.45) is 4.56. The molecule has 0 saturated heterocycles. The van der Waals surface area contributed by atoms with Gasteiger partial charge in [0.15, 0.2) is 0 Å². The van der Waals surface area contributed by atoms with Crippen molar-refractivity contribution in [2.45, 2.75) is 31.7 Å². The van der Waals surface area contributed by atoms with Crippen LogP contribution in [0.3, 0.4) is 0 Å². The number of carbonyl (C=O) groups is 3. The average molecular weight is 475 g/mol. The lowest BCUT2D eigenvalue weighted by atomic mass is 9.93. The molecule has 8 heteroatoms. The van der Waals surface area contributed by atoms with E-state index in [9.17, 15) is 14.4 Å². The molecule has 0 bridgehead atoms. The quantitative estimate of drug-likeness (QED) is 0.252. The third-order valence-corrected chi connectivity index (χ3v) is 5.82. The zero-order valence-electron chi connectivity index (χ0n) is 19.6. The third-order valence-electron chi connectivity index (χ3n) is 5.82. The van der Waals surface area contributed by atoms with Crippen LogP contribution in [-0.2, 0) is 27.2 Å². The van der Waals surface area contributed by atoms with Gasteiger partial charge in [-0.15, -0.1) is 0 Å². The van der Waals surface area contributed by atoms with E-state index >= 15 is 0 Å². The highest BCUT2D eigenvalue weighted by Gasteiger charge is 2.27. The van der Waals surface area contributed by atoms with Crippen LogP contribution in [0.5, 0.6) is 0 Å². The van der Waals surface area contributed by atoms with Crippen molar-refractivity contribution in [2.24, 2.45) is 5.92 Å². The number of pyridine rings is 1. The van der Waals surface area contributed by atoms with Gasteiger partial charge in [-0.2, -0.15) is 0 Å². The molecule has 2 atom stereocenters. The Hall–Kier alpha value is -4.04. The molecule has 0 radical (unpaired) electrons. The van der Waals surface area contributed by atoms with Crippen LogP contribution in [0.1, 0.15) is 24.0 Å². The number of aromatic nitrogens is 1. The highest BCUT2D eigenvalue weighted by Crippen LogP contribution is 2.21. The van der Waals surface area contributed by atoms with Crippen molar-refractivity contribution in [2.75, 3.05) is 7.05 Å². The van der Waals surface area contributed by atoms with Gasteiger partial charge in [-0.25, -0.2) is 5.48 Å². The summed E-state index contributed by atoms with van der Waals surface area (Å²) in [5.41, 5.74) is 5.55. The second kappa shape index (κ2) is 13.0. The van der Waals surface area contributed by atoms with Crippen LogP contribution in [0, 0.1) is 5.92 Å². The molecule has 3 rings (SSSR count). The molecule has 1 aromatic heterocycles. The Labute approximate surface area is 204 Å². The lowest BCUT2D eigenvalue weighted by molar-refractivity contribution is -0.136. The summed E-state index contributed by atoms with van der Waals surface area (Å²) >= 11 is 0. The Bertz CT molecular complexity index is 1110. The first-order valence-corrected chi connectivity index (χ1v) is 11.5. The number of amides is 3. The Morgan fingerprint density at radius 2 is 1.63 bits per heavy atom. The molecule has 3 aromatic rings. The second-order valence-corrected chi connectivity index (χ2v) is 8.28. The van der Waals surface area contributed by atoms with Crippen molar-refractivity contribution in [3.63, 3.8) is 0 Å². The van der Waals surface area contributed by atoms with Gasteiger partial charge < -0.3 is 10.6 Å². The minimum atomic E-state index is -0.784. The van der Waals surface area contributed by atoms with Crippen molar-refractivity contribution in [3.8, 4) is 11.1 Å². The van der Waals surface area contributed by atoms with Crippen LogP contribution in [0.25, 0.3) is 11.1 Å². The van der Waals surface area contributed by atoms with Gasteiger partial charge in [0.2, 0.25) is 17.7 Å². The van der Waals surface area contributed by atoms with E-state index in [2.05, 4.69) is 15.6 Å². The summed E-state index contributed by atoms with van der Waals surface area (Å²) in [6.45, 7) is 0. The zero-order valence-corrected chi connectivity index (χ0v) is 19.6. The molecule has 1 heterocycles. The van der Waals surface area contributed by atoms with Gasteiger partial charge in [0.05, 0.1) is 0 Å². The van der Waals surface area contributed by atoms with E-state index in [4.69, 9.17) is 5.21 Å². The standard InChI is InChI=1S/C27H30N4O4/c1-28-27(34)24(16-20-6-3-2-4-7-20)30-26(33)22(17-25(32)31-35)14-11-19-9-12-21(13-10-19)23-8-5-15-29-18-23/h2-10,12-13,15,18,22,24,35H,11,14,16-17H2,1H3,(H,28,34)(H,30,33)(H,31,32)/t22-,24+/m1/s1. The van der Waals surface area contributed by atoms with E-state index in [0.717, 1.165) is 22.3 Å². The number of nitrogens with one attached hydrogen (secondary N) is 3. The summed E-state index contributed by atoms with van der Waals surface area (Å²) in [7, 11) is 1.51. The van der Waals surface area contributed by atoms with Gasteiger partial charge in [0, 0.05) is 38.2 Å². The van der Waals surface area contributed by atoms with Gasteiger partial charge in [0.25, 0.3) is 0 Å². The number of aryl methyl sites for hydroxylation is 1. The van der Waals surface area contributed by atoms with Crippen LogP contribution in [0.2, 0.25) is 0 Å². The van der Waals surface area contributed by atoms with E-state index in [1.165, 1.54) is 7.05 Å². The molecule has 0 unspecified atom stereocenters. The molecule has 8 nitrogen and oxygen atoms in total. The lowest BCUT2D eigenvalue weighted by Crippen LogP contribution is -2.49. The van der Waals surface area contributed by atoms with Crippen LogP contribution in [0.15, 0.2) is 79.1 Å². The van der Waals surface area contributed by atoms with E-state index < -0.39 is 23.8 Å². The summed E-state index contributed by atoms with van der Waals surface area (Å²) in [4.78, 5) is 41.6. The molecule has 35 heavy (non-hydrogen) atoms. The zero-order chi connectivity index (χ0) is 25.0. The molecule has 4 N–H and O–H groups in total. The molecule has 2 aromatic carbocycles. The maximum atomic E-state index is 13.1. The smallest absolute Gasteiger partial charge is 0.244 e. The first-order chi connectivity index (χ1) is 17.0. The van der Waals surface area contributed by atoms with Gasteiger partial charge in [-0.3, -0.25) is 24.6 Å². The molecule has 3 amide bonds. The van der Waals surface area contributed by atoms with E-state index in [0.29, 0.717) is 19.3 Å². The van der Waals surface area contributed by atoms with Gasteiger partial charge >= 0.3 is 0 Å². The van der Waals surface area contributed by atoms with Gasteiger partial charge in [0.1, 0.15) is 6.04 Å². The predicted molar refractivity (Wildman–Crippen MR) is 132 cm³/mol. The highest BCUT2D eigenvalue weighted by molar-refractivity contribution is 5.90. The average Bonchev–Trinajstić information content (AvgIpc) is 2.91. The molecular formula is C27H30N4O4. The molecule has 0 aliphatic rings. The molecule has 0 aliphatic heterocycles. The predicted octanol–water partition coefficient (Wildman–Crippen LogP) is 2.67. The summed E-state index contributed by atoms with van der Waals surface area (Å²) in [5, 5.41) is 14.4. The lowest BCUT2D eigenvalue weighted by Gasteiger charge is -2.22. The molecule has 182 valence electrons. The second-order valence-electron chi connectivity index (χ2n) is 8.28. The largest absolute Gasteiger partial charge is 0.357 e. The highest BCUT2D eigenvalue weighted by atomic mass is 16.5. The van der Waals surface area contributed by atoms with E-state index in [1.807, 2.05) is 66.7 Å². The van der Waals surface area contributed by atoms with Crippen molar-refractivity contribution in [1.82, 2.24) is 21.1 Å². The maximum absolute atomic E-state index is 13.1. The molecule has 0 fully saturated rings. The Morgan fingerprint density at radius 3 is 2.26 bits per heavy atom. The monoisotopic (exact) mass is 474 g/mol. The summed E-state index contributed by atoms with van der Waals surface area (Å²) < 4.78 is 0. The SMILES string of the molecule is CNC(=O)[C@H](Cc1ccccc1)NC(=O)[C@H](CCc1ccc(-c2cccnc2)cc1)CC(=O)NO. The summed E-state index contributed by atoms with van der Waals surface area (Å²) in [6, 6.07) is 20.4. The Morgan fingerprint density at radius 1 is 0.886 bits per heavy atom. The number of benzene rings is 2. The fraction of sp³-hybridized carbons (Fsp3) is 0.259. The van der Waals surface area contributed by atoms with Gasteiger partial charge in [-0.05, 0) is 41.2 Å². The number of carbonyl (C=O) groups excluding carboxylic acids is 3.